The topological polar surface area (TPSA) is 58.4 Å². The van der Waals surface area contributed by atoms with E-state index in [2.05, 4.69) is 31.1 Å². The molecule has 2 heterocycles. The third kappa shape index (κ3) is 2.22. The Hall–Kier alpha value is -2.30. The first-order valence-corrected chi connectivity index (χ1v) is 8.71. The normalized spacial score (nSPS) is 18.5. The van der Waals surface area contributed by atoms with Crippen LogP contribution in [0.15, 0.2) is 30.5 Å². The van der Waals surface area contributed by atoms with Crippen molar-refractivity contribution in [2.75, 3.05) is 6.54 Å². The lowest BCUT2D eigenvalue weighted by atomic mass is 9.67. The van der Waals surface area contributed by atoms with Gasteiger partial charge in [0.05, 0.1) is 11.9 Å². The van der Waals surface area contributed by atoms with E-state index in [0.29, 0.717) is 5.92 Å². The highest BCUT2D eigenvalue weighted by Gasteiger charge is 2.52. The highest BCUT2D eigenvalue weighted by molar-refractivity contribution is 5.96. The summed E-state index contributed by atoms with van der Waals surface area (Å²) in [5.41, 5.74) is 2.32. The standard InChI is InChI=1S/C19H23N3O2/c1-13(2)14-4-6-15(7-5-14)22-12-16(23)17(20-22)18(24)21-11-10-19(21)8-3-9-19/h4-7,12-13,23H,3,8-11H2,1-2H3. The summed E-state index contributed by atoms with van der Waals surface area (Å²) in [6.07, 6.45) is 5.95. The molecule has 2 aliphatic rings. The number of carbonyl (C=O) groups excluding carboxylic acids is 1. The molecule has 1 aliphatic heterocycles. The van der Waals surface area contributed by atoms with Crippen LogP contribution in [0.25, 0.3) is 5.69 Å². The molecular formula is C19H23N3O2. The summed E-state index contributed by atoms with van der Waals surface area (Å²) in [4.78, 5) is 14.6. The number of amides is 1. The van der Waals surface area contributed by atoms with Crippen LogP contribution in [-0.4, -0.2) is 37.8 Å². The van der Waals surface area contributed by atoms with Crippen LogP contribution in [0, 0.1) is 0 Å². The van der Waals surface area contributed by atoms with E-state index < -0.39 is 0 Å². The summed E-state index contributed by atoms with van der Waals surface area (Å²) >= 11 is 0. The van der Waals surface area contributed by atoms with E-state index in [-0.39, 0.29) is 22.9 Å². The number of benzene rings is 1. The first-order chi connectivity index (χ1) is 11.5. The van der Waals surface area contributed by atoms with Gasteiger partial charge in [0, 0.05) is 12.1 Å². The summed E-state index contributed by atoms with van der Waals surface area (Å²) in [6.45, 7) is 5.07. The maximum absolute atomic E-state index is 12.7. The molecule has 24 heavy (non-hydrogen) atoms. The molecule has 1 spiro atoms. The molecule has 2 fully saturated rings. The number of likely N-dealkylation sites (tertiary alicyclic amines) is 1. The van der Waals surface area contributed by atoms with Gasteiger partial charge in [0.25, 0.3) is 5.91 Å². The van der Waals surface area contributed by atoms with Gasteiger partial charge in [-0.1, -0.05) is 26.0 Å². The van der Waals surface area contributed by atoms with E-state index in [9.17, 15) is 9.90 Å². The second kappa shape index (κ2) is 5.36. The van der Waals surface area contributed by atoms with Gasteiger partial charge in [-0.2, -0.15) is 5.10 Å². The van der Waals surface area contributed by atoms with Crippen LogP contribution in [-0.2, 0) is 0 Å². The molecule has 0 radical (unpaired) electrons. The fourth-order valence-corrected chi connectivity index (χ4v) is 3.75. The fourth-order valence-electron chi connectivity index (χ4n) is 3.75. The predicted octanol–water partition coefficient (Wildman–Crippen LogP) is 3.47. The monoisotopic (exact) mass is 325 g/mol. The molecule has 1 saturated heterocycles. The first-order valence-electron chi connectivity index (χ1n) is 8.71. The second-order valence-corrected chi connectivity index (χ2v) is 7.34. The maximum atomic E-state index is 12.7. The van der Waals surface area contributed by atoms with Gasteiger partial charge < -0.3 is 10.0 Å². The van der Waals surface area contributed by atoms with Crippen molar-refractivity contribution in [3.63, 3.8) is 0 Å². The maximum Gasteiger partial charge on any atom is 0.278 e. The lowest BCUT2D eigenvalue weighted by Gasteiger charge is -2.58. The minimum atomic E-state index is -0.143. The van der Waals surface area contributed by atoms with Crippen molar-refractivity contribution in [2.24, 2.45) is 0 Å². The molecule has 4 rings (SSSR count). The average molecular weight is 325 g/mol. The lowest BCUT2D eigenvalue weighted by Crippen LogP contribution is -2.65. The van der Waals surface area contributed by atoms with E-state index in [4.69, 9.17) is 0 Å². The smallest absolute Gasteiger partial charge is 0.278 e. The van der Waals surface area contributed by atoms with Crippen molar-refractivity contribution in [1.82, 2.24) is 14.7 Å². The van der Waals surface area contributed by atoms with E-state index >= 15 is 0 Å². The molecule has 1 aromatic carbocycles. The number of nitrogens with zero attached hydrogens (tertiary/aromatic N) is 3. The third-order valence-electron chi connectivity index (χ3n) is 5.62. The van der Waals surface area contributed by atoms with Crippen LogP contribution in [0.2, 0.25) is 0 Å². The van der Waals surface area contributed by atoms with Crippen molar-refractivity contribution in [1.29, 1.82) is 0 Å². The summed E-state index contributed by atoms with van der Waals surface area (Å²) in [6, 6.07) is 8.04. The second-order valence-electron chi connectivity index (χ2n) is 7.34. The van der Waals surface area contributed by atoms with E-state index in [0.717, 1.165) is 31.5 Å². The Morgan fingerprint density at radius 2 is 1.92 bits per heavy atom. The summed E-state index contributed by atoms with van der Waals surface area (Å²) < 4.78 is 1.58. The minimum absolute atomic E-state index is 0.0469. The van der Waals surface area contributed by atoms with Crippen molar-refractivity contribution in [3.8, 4) is 11.4 Å². The van der Waals surface area contributed by atoms with E-state index in [1.54, 1.807) is 4.68 Å². The zero-order valence-corrected chi connectivity index (χ0v) is 14.2. The first kappa shape index (κ1) is 15.2. The Balaban J connectivity index is 1.59. The van der Waals surface area contributed by atoms with Crippen LogP contribution in [0.5, 0.6) is 5.75 Å². The fraction of sp³-hybridized carbons (Fsp3) is 0.474. The molecule has 1 N–H and O–H groups in total. The number of hydrogen-bond acceptors (Lipinski definition) is 3. The molecule has 0 bridgehead atoms. The molecule has 1 aromatic heterocycles. The Morgan fingerprint density at radius 3 is 2.42 bits per heavy atom. The van der Waals surface area contributed by atoms with Crippen molar-refractivity contribution in [3.05, 3.63) is 41.7 Å². The molecule has 2 aromatic rings. The van der Waals surface area contributed by atoms with Crippen molar-refractivity contribution in [2.45, 2.75) is 51.0 Å². The molecular weight excluding hydrogens is 302 g/mol. The Labute approximate surface area is 141 Å². The van der Waals surface area contributed by atoms with Gasteiger partial charge in [0.15, 0.2) is 11.4 Å². The zero-order valence-electron chi connectivity index (χ0n) is 14.2. The van der Waals surface area contributed by atoms with Gasteiger partial charge in [0.2, 0.25) is 0 Å². The van der Waals surface area contributed by atoms with Gasteiger partial charge in [0.1, 0.15) is 0 Å². The quantitative estimate of drug-likeness (QED) is 0.940. The number of aromatic nitrogens is 2. The molecule has 5 heteroatoms. The number of aromatic hydroxyl groups is 1. The molecule has 1 saturated carbocycles. The Morgan fingerprint density at radius 1 is 1.21 bits per heavy atom. The molecule has 1 aliphatic carbocycles. The summed E-state index contributed by atoms with van der Waals surface area (Å²) in [5, 5.41) is 14.6. The van der Waals surface area contributed by atoms with Crippen LogP contribution in [0.4, 0.5) is 0 Å². The summed E-state index contributed by atoms with van der Waals surface area (Å²) in [5.74, 6) is 0.276. The van der Waals surface area contributed by atoms with Gasteiger partial charge in [-0.25, -0.2) is 4.68 Å². The van der Waals surface area contributed by atoms with E-state index in [1.807, 2.05) is 17.0 Å². The molecule has 5 nitrogen and oxygen atoms in total. The van der Waals surface area contributed by atoms with Crippen LogP contribution in [0.1, 0.15) is 61.5 Å². The van der Waals surface area contributed by atoms with Gasteiger partial charge >= 0.3 is 0 Å². The van der Waals surface area contributed by atoms with Gasteiger partial charge in [-0.05, 0) is 49.3 Å². The van der Waals surface area contributed by atoms with Gasteiger partial charge in [-0.15, -0.1) is 0 Å². The van der Waals surface area contributed by atoms with Crippen molar-refractivity contribution < 1.29 is 9.90 Å². The third-order valence-corrected chi connectivity index (χ3v) is 5.62. The molecule has 1 amide bonds. The number of rotatable bonds is 3. The lowest BCUT2D eigenvalue weighted by molar-refractivity contribution is -0.0492. The highest BCUT2D eigenvalue weighted by Crippen LogP contribution is 2.47. The van der Waals surface area contributed by atoms with Crippen LogP contribution in [0.3, 0.4) is 0 Å². The summed E-state index contributed by atoms with van der Waals surface area (Å²) in [7, 11) is 0. The van der Waals surface area contributed by atoms with Crippen molar-refractivity contribution >= 4 is 5.91 Å². The minimum Gasteiger partial charge on any atom is -0.504 e. The highest BCUT2D eigenvalue weighted by atomic mass is 16.3. The van der Waals surface area contributed by atoms with Gasteiger partial charge in [-0.3, -0.25) is 4.79 Å². The van der Waals surface area contributed by atoms with Crippen LogP contribution >= 0.6 is 0 Å². The number of hydrogen-bond donors (Lipinski definition) is 1. The molecule has 0 unspecified atom stereocenters. The largest absolute Gasteiger partial charge is 0.504 e. The predicted molar refractivity (Wildman–Crippen MR) is 91.6 cm³/mol. The number of carbonyl (C=O) groups is 1. The van der Waals surface area contributed by atoms with E-state index in [1.165, 1.54) is 18.2 Å². The average Bonchev–Trinajstić information content (AvgIpc) is 2.86. The molecule has 0 atom stereocenters. The Bertz CT molecular complexity index is 767. The van der Waals surface area contributed by atoms with Crippen LogP contribution < -0.4 is 0 Å². The molecule has 126 valence electrons. The Kier molecular flexibility index (Phi) is 3.41. The zero-order chi connectivity index (χ0) is 16.9. The SMILES string of the molecule is CC(C)c1ccc(-n2cc(O)c(C(=O)N3CCC34CCC4)n2)cc1.